The molecule has 2 N–H and O–H groups in total. The zero-order chi connectivity index (χ0) is 11.7. The van der Waals surface area contributed by atoms with Crippen molar-refractivity contribution in [2.24, 2.45) is 0 Å². The molecule has 0 radical (unpaired) electrons. The van der Waals surface area contributed by atoms with E-state index in [1.807, 2.05) is 11.9 Å². The largest absolute Gasteiger partial charge is 0.361 e. The van der Waals surface area contributed by atoms with Gasteiger partial charge in [-0.1, -0.05) is 0 Å². The highest BCUT2D eigenvalue weighted by Crippen LogP contribution is 2.20. The van der Waals surface area contributed by atoms with E-state index < -0.39 is 11.2 Å². The average molecular weight is 225 g/mol. The molecule has 7 nitrogen and oxygen atoms in total. The number of hydrogen-bond donors (Lipinski definition) is 2. The minimum atomic E-state index is -0.650. The van der Waals surface area contributed by atoms with Crippen molar-refractivity contribution in [3.05, 3.63) is 26.4 Å². The van der Waals surface area contributed by atoms with Gasteiger partial charge in [0.15, 0.2) is 5.78 Å². The van der Waals surface area contributed by atoms with Crippen molar-refractivity contribution in [2.45, 2.75) is 6.92 Å². The predicted octanol–water partition coefficient (Wildman–Crippen LogP) is -0.940. The monoisotopic (exact) mass is 225 g/mol. The lowest BCUT2D eigenvalue weighted by molar-refractivity contribution is 0.0991. The number of aromatic amines is 2. The number of fused-ring (bicyclic) bond motifs is 1. The summed E-state index contributed by atoms with van der Waals surface area (Å²) in [5.74, 6) is -0.0700. The highest BCUT2D eigenvalue weighted by atomic mass is 16.5. The Bertz CT molecular complexity index is 530. The number of carbonyl (C=O) groups is 1. The molecule has 0 fully saturated rings. The lowest BCUT2D eigenvalue weighted by atomic mass is 10.2. The number of ketones is 1. The first kappa shape index (κ1) is 10.6. The Balaban J connectivity index is 2.45. The summed E-state index contributed by atoms with van der Waals surface area (Å²) in [7, 11) is 0. The van der Waals surface area contributed by atoms with Gasteiger partial charge in [-0.15, -0.1) is 0 Å². The fraction of sp³-hybridized carbons (Fsp3) is 0.444. The van der Waals surface area contributed by atoms with Gasteiger partial charge >= 0.3 is 5.69 Å². The molecule has 1 aliphatic rings. The van der Waals surface area contributed by atoms with E-state index in [2.05, 4.69) is 4.98 Å². The van der Waals surface area contributed by atoms with Crippen LogP contribution >= 0.6 is 0 Å². The molecule has 0 aliphatic carbocycles. The molecule has 0 spiro atoms. The van der Waals surface area contributed by atoms with E-state index in [1.165, 1.54) is 4.90 Å². The van der Waals surface area contributed by atoms with Gasteiger partial charge in [-0.05, 0) is 6.92 Å². The summed E-state index contributed by atoms with van der Waals surface area (Å²) in [5, 5.41) is 0. The first-order valence-electron chi connectivity index (χ1n) is 4.86. The highest BCUT2D eigenvalue weighted by Gasteiger charge is 2.30. The number of H-pyrrole nitrogens is 2. The van der Waals surface area contributed by atoms with Crippen LogP contribution in [0.2, 0.25) is 0 Å². The van der Waals surface area contributed by atoms with Crippen molar-refractivity contribution in [3.63, 3.8) is 0 Å². The molecule has 16 heavy (non-hydrogen) atoms. The van der Waals surface area contributed by atoms with E-state index in [4.69, 9.17) is 4.74 Å². The van der Waals surface area contributed by atoms with Crippen LogP contribution in [0.5, 0.6) is 0 Å². The van der Waals surface area contributed by atoms with E-state index in [-0.39, 0.29) is 30.4 Å². The molecule has 0 saturated carbocycles. The van der Waals surface area contributed by atoms with Crippen LogP contribution in [0.15, 0.2) is 9.59 Å². The summed E-state index contributed by atoms with van der Waals surface area (Å²) < 4.78 is 5.14. The smallest absolute Gasteiger partial charge is 0.327 e. The highest BCUT2D eigenvalue weighted by molar-refractivity contribution is 6.07. The normalized spacial score (nSPS) is 14.3. The molecule has 0 atom stereocenters. The van der Waals surface area contributed by atoms with Gasteiger partial charge in [0.05, 0.1) is 6.54 Å². The Morgan fingerprint density at radius 2 is 2.06 bits per heavy atom. The Hall–Kier alpha value is -1.89. The van der Waals surface area contributed by atoms with Crippen molar-refractivity contribution in [3.8, 4) is 0 Å². The predicted molar refractivity (Wildman–Crippen MR) is 55.9 cm³/mol. The van der Waals surface area contributed by atoms with Gasteiger partial charge in [-0.2, -0.15) is 0 Å². The number of rotatable bonds is 3. The van der Waals surface area contributed by atoms with E-state index in [1.54, 1.807) is 0 Å². The summed E-state index contributed by atoms with van der Waals surface area (Å²) >= 11 is 0. The number of nitrogens with one attached hydrogen (secondary N) is 2. The van der Waals surface area contributed by atoms with Gasteiger partial charge in [0.1, 0.15) is 18.1 Å². The molecule has 7 heteroatoms. The third-order valence-corrected chi connectivity index (χ3v) is 2.30. The van der Waals surface area contributed by atoms with Gasteiger partial charge in [-0.25, -0.2) is 4.79 Å². The van der Waals surface area contributed by atoms with Crippen LogP contribution < -0.4 is 16.1 Å². The molecule has 1 aliphatic heterocycles. The van der Waals surface area contributed by atoms with Gasteiger partial charge < -0.3 is 9.64 Å². The minimum Gasteiger partial charge on any atom is -0.361 e. The molecule has 1 aromatic rings. The van der Waals surface area contributed by atoms with E-state index in [0.717, 1.165) is 0 Å². The third-order valence-electron chi connectivity index (χ3n) is 2.30. The van der Waals surface area contributed by atoms with E-state index >= 15 is 0 Å². The van der Waals surface area contributed by atoms with Crippen LogP contribution in [0, 0.1) is 0 Å². The topological polar surface area (TPSA) is 95.3 Å². The molecule has 0 amide bonds. The summed E-state index contributed by atoms with van der Waals surface area (Å²) in [6.45, 7) is 2.54. The lowest BCUT2D eigenvalue weighted by Gasteiger charge is -2.16. The van der Waals surface area contributed by atoms with Gasteiger partial charge in [0, 0.05) is 6.61 Å². The molecule has 2 rings (SSSR count). The molecule has 0 aromatic carbocycles. The maximum absolute atomic E-state index is 11.5. The van der Waals surface area contributed by atoms with Crippen LogP contribution in [0.25, 0.3) is 0 Å². The van der Waals surface area contributed by atoms with Crippen molar-refractivity contribution in [1.29, 1.82) is 0 Å². The number of anilines is 1. The summed E-state index contributed by atoms with van der Waals surface area (Å²) in [6.07, 6.45) is 0. The Morgan fingerprint density at radius 3 is 2.75 bits per heavy atom. The van der Waals surface area contributed by atoms with Crippen LogP contribution in [0.3, 0.4) is 0 Å². The molecule has 1 aromatic heterocycles. The second kappa shape index (κ2) is 3.93. The van der Waals surface area contributed by atoms with Crippen LogP contribution in [-0.4, -0.2) is 35.6 Å². The van der Waals surface area contributed by atoms with Crippen molar-refractivity contribution < 1.29 is 9.53 Å². The van der Waals surface area contributed by atoms with Crippen LogP contribution in [0.4, 0.5) is 5.82 Å². The third kappa shape index (κ3) is 1.65. The Morgan fingerprint density at radius 1 is 1.31 bits per heavy atom. The van der Waals surface area contributed by atoms with Crippen molar-refractivity contribution >= 4 is 11.6 Å². The number of ether oxygens (including phenoxy) is 1. The van der Waals surface area contributed by atoms with Crippen LogP contribution in [-0.2, 0) is 4.74 Å². The molecule has 0 saturated heterocycles. The zero-order valence-corrected chi connectivity index (χ0v) is 8.70. The van der Waals surface area contributed by atoms with E-state index in [0.29, 0.717) is 6.61 Å². The molecule has 0 unspecified atom stereocenters. The van der Waals surface area contributed by atoms with Crippen molar-refractivity contribution in [2.75, 3.05) is 24.8 Å². The SMILES string of the molecule is CCOCN1CC(=O)c2c1[nH]c(=O)[nH]c2=O. The molecule has 2 heterocycles. The number of aromatic nitrogens is 2. The van der Waals surface area contributed by atoms with Crippen LogP contribution in [0.1, 0.15) is 17.3 Å². The molecule has 86 valence electrons. The van der Waals surface area contributed by atoms with E-state index in [9.17, 15) is 14.4 Å². The molecular weight excluding hydrogens is 214 g/mol. The van der Waals surface area contributed by atoms with Gasteiger partial charge in [0.2, 0.25) is 0 Å². The first-order chi connectivity index (χ1) is 7.63. The summed E-state index contributed by atoms with van der Waals surface area (Å²) in [6, 6.07) is 0. The second-order valence-electron chi connectivity index (χ2n) is 3.37. The second-order valence-corrected chi connectivity index (χ2v) is 3.37. The Kier molecular flexibility index (Phi) is 2.61. The molecule has 0 bridgehead atoms. The zero-order valence-electron chi connectivity index (χ0n) is 8.70. The number of hydrogen-bond acceptors (Lipinski definition) is 5. The fourth-order valence-corrected chi connectivity index (χ4v) is 1.61. The lowest BCUT2D eigenvalue weighted by Crippen LogP contribution is -2.29. The molecular formula is C9H11N3O4. The number of Topliss-reactive ketones (excluding diaryl/α,β-unsaturated/α-hetero) is 1. The average Bonchev–Trinajstić information content (AvgIpc) is 2.52. The minimum absolute atomic E-state index is 0.000645. The first-order valence-corrected chi connectivity index (χ1v) is 4.86. The van der Waals surface area contributed by atoms with Gasteiger partial charge in [0.25, 0.3) is 5.56 Å². The van der Waals surface area contributed by atoms with Gasteiger partial charge in [-0.3, -0.25) is 19.6 Å². The summed E-state index contributed by atoms with van der Waals surface area (Å²) in [4.78, 5) is 40.0. The van der Waals surface area contributed by atoms with Crippen molar-refractivity contribution in [1.82, 2.24) is 9.97 Å². The summed E-state index contributed by atoms with van der Waals surface area (Å²) in [5.41, 5.74) is -1.28. The number of carbonyl (C=O) groups excluding carboxylic acids is 1. The quantitative estimate of drug-likeness (QED) is 0.692. The standard InChI is InChI=1S/C9H11N3O4/c1-2-16-4-12-3-5(13)6-7(12)10-9(15)11-8(6)14/h2-4H2,1H3,(H2,10,11,14,15). The number of nitrogens with zero attached hydrogens (tertiary/aromatic N) is 1. The fourth-order valence-electron chi connectivity index (χ4n) is 1.61. The maximum atomic E-state index is 11.5. The Labute approximate surface area is 90.0 Å². The maximum Gasteiger partial charge on any atom is 0.327 e.